The van der Waals surface area contributed by atoms with Gasteiger partial charge in [0.25, 0.3) is 10.0 Å². The zero-order valence-corrected chi connectivity index (χ0v) is 31.1. The summed E-state index contributed by atoms with van der Waals surface area (Å²) in [6, 6.07) is 23.7. The van der Waals surface area contributed by atoms with Crippen molar-refractivity contribution in [3.63, 3.8) is 0 Å². The molecule has 266 valence electrons. The Hall–Kier alpha value is -4.45. The Labute approximate surface area is 303 Å². The number of rotatable bonds is 14. The Morgan fingerprint density at radius 1 is 0.800 bits per heavy atom. The van der Waals surface area contributed by atoms with Gasteiger partial charge in [-0.3, -0.25) is 13.9 Å². The van der Waals surface area contributed by atoms with Crippen LogP contribution in [0.2, 0.25) is 10.0 Å². The standard InChI is InChI=1S/C37H41Cl2N3O7S/c1-37(2,3)40-36(44)31(20-25-12-8-7-9-13-25)41(23-26-14-10-11-15-29(26)39)35(43)24-42(30-21-27(38)16-18-32(30)47-4)50(45,46)28-17-19-33(48-5)34(22-28)49-6/h7-19,21-22,31H,20,23-24H2,1-6H3,(H,40,44)/t31-/m1/s1. The number of hydrogen-bond acceptors (Lipinski definition) is 7. The first kappa shape index (κ1) is 38.4. The fourth-order valence-corrected chi connectivity index (χ4v) is 7.09. The maximum Gasteiger partial charge on any atom is 0.265 e. The Bertz CT molecular complexity index is 1920. The highest BCUT2D eigenvalue weighted by atomic mass is 35.5. The van der Waals surface area contributed by atoms with Gasteiger partial charge in [-0.25, -0.2) is 8.42 Å². The van der Waals surface area contributed by atoms with Gasteiger partial charge in [-0.15, -0.1) is 0 Å². The zero-order valence-electron chi connectivity index (χ0n) is 28.8. The van der Waals surface area contributed by atoms with Crippen LogP contribution in [0.4, 0.5) is 5.69 Å². The highest BCUT2D eigenvalue weighted by molar-refractivity contribution is 7.92. The van der Waals surface area contributed by atoms with Crippen molar-refractivity contribution >= 4 is 50.7 Å². The van der Waals surface area contributed by atoms with Gasteiger partial charge >= 0.3 is 0 Å². The summed E-state index contributed by atoms with van der Waals surface area (Å²) < 4.78 is 46.4. The molecule has 1 N–H and O–H groups in total. The molecule has 0 radical (unpaired) electrons. The van der Waals surface area contributed by atoms with Gasteiger partial charge in [0, 0.05) is 34.6 Å². The molecule has 10 nitrogen and oxygen atoms in total. The minimum Gasteiger partial charge on any atom is -0.495 e. The Morgan fingerprint density at radius 2 is 1.42 bits per heavy atom. The minimum absolute atomic E-state index is 0.0135. The summed E-state index contributed by atoms with van der Waals surface area (Å²) in [6.07, 6.45) is 0.141. The van der Waals surface area contributed by atoms with E-state index in [-0.39, 0.29) is 40.1 Å². The molecule has 0 aromatic heterocycles. The summed E-state index contributed by atoms with van der Waals surface area (Å²) in [5.41, 5.74) is 0.741. The van der Waals surface area contributed by atoms with Gasteiger partial charge in [0.1, 0.15) is 18.3 Å². The van der Waals surface area contributed by atoms with Crippen LogP contribution in [0.1, 0.15) is 31.9 Å². The molecule has 1 atom stereocenters. The molecule has 0 fully saturated rings. The first-order chi connectivity index (χ1) is 23.7. The smallest absolute Gasteiger partial charge is 0.265 e. The fourth-order valence-electron chi connectivity index (χ4n) is 5.29. The molecule has 4 aromatic rings. The number of carbonyl (C=O) groups excluding carboxylic acids is 2. The molecule has 0 aliphatic heterocycles. The molecule has 0 bridgehead atoms. The molecule has 4 aromatic carbocycles. The van der Waals surface area contributed by atoms with Crippen LogP contribution >= 0.6 is 23.2 Å². The van der Waals surface area contributed by atoms with Crippen LogP contribution in [0.15, 0.2) is 95.9 Å². The van der Waals surface area contributed by atoms with Crippen molar-refractivity contribution in [1.29, 1.82) is 0 Å². The number of halogens is 2. The lowest BCUT2D eigenvalue weighted by atomic mass is 10.0. The van der Waals surface area contributed by atoms with Crippen LogP contribution in [-0.4, -0.2) is 64.6 Å². The second kappa shape index (κ2) is 16.5. The van der Waals surface area contributed by atoms with E-state index in [0.29, 0.717) is 16.3 Å². The molecule has 0 saturated carbocycles. The molecule has 0 spiro atoms. The molecule has 0 saturated heterocycles. The third kappa shape index (κ3) is 9.41. The van der Waals surface area contributed by atoms with Crippen LogP contribution < -0.4 is 23.8 Å². The van der Waals surface area contributed by atoms with Crippen LogP contribution in [0.25, 0.3) is 0 Å². The van der Waals surface area contributed by atoms with E-state index in [9.17, 15) is 18.0 Å². The number of methoxy groups -OCH3 is 3. The quantitative estimate of drug-likeness (QED) is 0.152. The first-order valence-electron chi connectivity index (χ1n) is 15.7. The van der Waals surface area contributed by atoms with Crippen molar-refractivity contribution < 1.29 is 32.2 Å². The summed E-state index contributed by atoms with van der Waals surface area (Å²) >= 11 is 13.0. The van der Waals surface area contributed by atoms with Gasteiger partial charge < -0.3 is 24.4 Å². The van der Waals surface area contributed by atoms with E-state index in [0.717, 1.165) is 9.87 Å². The van der Waals surface area contributed by atoms with Crippen LogP contribution in [0.3, 0.4) is 0 Å². The van der Waals surface area contributed by atoms with Crippen molar-refractivity contribution in [2.45, 2.75) is 50.2 Å². The summed E-state index contributed by atoms with van der Waals surface area (Å²) in [7, 11) is -0.318. The molecule has 2 amide bonds. The lowest BCUT2D eigenvalue weighted by Crippen LogP contribution is -2.56. The van der Waals surface area contributed by atoms with Crippen molar-refractivity contribution in [2.24, 2.45) is 0 Å². The fraction of sp³-hybridized carbons (Fsp3) is 0.297. The highest BCUT2D eigenvalue weighted by Crippen LogP contribution is 2.37. The van der Waals surface area contributed by atoms with Gasteiger partial charge in [-0.05, 0) is 68.3 Å². The zero-order chi connectivity index (χ0) is 36.6. The van der Waals surface area contributed by atoms with Crippen molar-refractivity contribution in [1.82, 2.24) is 10.2 Å². The monoisotopic (exact) mass is 741 g/mol. The van der Waals surface area contributed by atoms with Crippen LogP contribution in [-0.2, 0) is 32.6 Å². The summed E-state index contributed by atoms with van der Waals surface area (Å²) in [5, 5.41) is 3.59. The van der Waals surface area contributed by atoms with E-state index < -0.39 is 40.0 Å². The SMILES string of the molecule is COc1ccc(S(=O)(=O)N(CC(=O)N(Cc2ccccc2Cl)[C@H](Cc2ccccc2)C(=O)NC(C)(C)C)c2cc(Cl)ccc2OC)cc1OC. The number of nitrogens with one attached hydrogen (secondary N) is 1. The Kier molecular flexibility index (Phi) is 12.7. The van der Waals surface area contributed by atoms with Gasteiger partial charge in [-0.2, -0.15) is 0 Å². The number of amides is 2. The molecule has 13 heteroatoms. The largest absolute Gasteiger partial charge is 0.495 e. The predicted molar refractivity (Wildman–Crippen MR) is 196 cm³/mol. The van der Waals surface area contributed by atoms with E-state index in [1.165, 1.54) is 56.6 Å². The molecule has 0 aliphatic carbocycles. The normalized spacial score (nSPS) is 12.1. The maximum absolute atomic E-state index is 14.8. The predicted octanol–water partition coefficient (Wildman–Crippen LogP) is 6.77. The molecule has 50 heavy (non-hydrogen) atoms. The number of ether oxygens (including phenoxy) is 3. The summed E-state index contributed by atoms with van der Waals surface area (Å²) in [6.45, 7) is 4.70. The van der Waals surface area contributed by atoms with Gasteiger partial charge in [0.2, 0.25) is 11.8 Å². The number of benzene rings is 4. The van der Waals surface area contributed by atoms with E-state index in [1.807, 2.05) is 51.1 Å². The minimum atomic E-state index is -4.52. The molecular formula is C37H41Cl2N3O7S. The lowest BCUT2D eigenvalue weighted by molar-refractivity contribution is -0.140. The average Bonchev–Trinajstić information content (AvgIpc) is 3.08. The third-order valence-corrected chi connectivity index (χ3v) is 10.1. The van der Waals surface area contributed by atoms with Crippen molar-refractivity contribution in [3.05, 3.63) is 112 Å². The molecule has 0 aliphatic rings. The third-order valence-electron chi connectivity index (χ3n) is 7.70. The van der Waals surface area contributed by atoms with Gasteiger partial charge in [0.15, 0.2) is 11.5 Å². The second-order valence-corrected chi connectivity index (χ2v) is 15.1. The summed E-state index contributed by atoms with van der Waals surface area (Å²) in [4.78, 5) is 30.1. The Balaban J connectivity index is 1.90. The number of anilines is 1. The average molecular weight is 743 g/mol. The second-order valence-electron chi connectivity index (χ2n) is 12.4. The van der Waals surface area contributed by atoms with E-state index >= 15 is 0 Å². The van der Waals surface area contributed by atoms with Crippen molar-refractivity contribution in [2.75, 3.05) is 32.2 Å². The molecular weight excluding hydrogens is 701 g/mol. The number of nitrogens with zero attached hydrogens (tertiary/aromatic N) is 2. The van der Waals surface area contributed by atoms with Crippen LogP contribution in [0.5, 0.6) is 17.2 Å². The van der Waals surface area contributed by atoms with E-state index in [4.69, 9.17) is 37.4 Å². The lowest BCUT2D eigenvalue weighted by Gasteiger charge is -2.35. The number of sulfonamides is 1. The maximum atomic E-state index is 14.8. The van der Waals surface area contributed by atoms with Crippen molar-refractivity contribution in [3.8, 4) is 17.2 Å². The molecule has 4 rings (SSSR count). The Morgan fingerprint density at radius 3 is 2.04 bits per heavy atom. The highest BCUT2D eigenvalue weighted by Gasteiger charge is 2.37. The van der Waals surface area contributed by atoms with E-state index in [2.05, 4.69) is 5.32 Å². The topological polar surface area (TPSA) is 114 Å². The number of hydrogen-bond donors (Lipinski definition) is 1. The summed E-state index contributed by atoms with van der Waals surface area (Å²) in [5.74, 6) is -0.471. The van der Waals surface area contributed by atoms with Gasteiger partial charge in [0.05, 0.1) is 31.9 Å². The number of carbonyl (C=O) groups is 2. The first-order valence-corrected chi connectivity index (χ1v) is 17.8. The molecule has 0 heterocycles. The molecule has 0 unspecified atom stereocenters. The van der Waals surface area contributed by atoms with Crippen LogP contribution in [0, 0.1) is 0 Å². The van der Waals surface area contributed by atoms with Gasteiger partial charge in [-0.1, -0.05) is 71.7 Å². The van der Waals surface area contributed by atoms with E-state index in [1.54, 1.807) is 30.3 Å².